The van der Waals surface area contributed by atoms with Crippen LogP contribution in [-0.4, -0.2) is 10.8 Å². The predicted molar refractivity (Wildman–Crippen MR) is 62.5 cm³/mol. The van der Waals surface area contributed by atoms with Gasteiger partial charge in [0, 0.05) is 6.42 Å². The van der Waals surface area contributed by atoms with Gasteiger partial charge in [0.15, 0.2) is 0 Å². The SMILES string of the molecule is CC(=O)CCCCc1ccc(Cl)nc1Cl. The van der Waals surface area contributed by atoms with Gasteiger partial charge < -0.3 is 4.79 Å². The quantitative estimate of drug-likeness (QED) is 0.585. The molecule has 15 heavy (non-hydrogen) atoms. The van der Waals surface area contributed by atoms with Crippen LogP contribution in [0.5, 0.6) is 0 Å². The maximum atomic E-state index is 10.7. The second kappa shape index (κ2) is 6.09. The van der Waals surface area contributed by atoms with Crippen LogP contribution in [-0.2, 0) is 11.2 Å². The van der Waals surface area contributed by atoms with E-state index in [-0.39, 0.29) is 5.78 Å². The minimum Gasteiger partial charge on any atom is -0.300 e. The molecule has 0 radical (unpaired) electrons. The molecule has 0 aromatic carbocycles. The number of carbonyl (C=O) groups is 1. The van der Waals surface area contributed by atoms with E-state index >= 15 is 0 Å². The van der Waals surface area contributed by atoms with Gasteiger partial charge in [-0.15, -0.1) is 0 Å². The van der Waals surface area contributed by atoms with Crippen LogP contribution in [0.4, 0.5) is 0 Å². The van der Waals surface area contributed by atoms with Gasteiger partial charge in [-0.05, 0) is 37.8 Å². The predicted octanol–water partition coefficient (Wildman–Crippen LogP) is 3.69. The molecule has 0 aliphatic rings. The van der Waals surface area contributed by atoms with E-state index in [9.17, 15) is 4.79 Å². The van der Waals surface area contributed by atoms with Crippen molar-refractivity contribution in [2.24, 2.45) is 0 Å². The summed E-state index contributed by atoms with van der Waals surface area (Å²) in [7, 11) is 0. The van der Waals surface area contributed by atoms with Gasteiger partial charge in [-0.2, -0.15) is 0 Å². The van der Waals surface area contributed by atoms with E-state index in [0.717, 1.165) is 24.8 Å². The van der Waals surface area contributed by atoms with E-state index < -0.39 is 0 Å². The summed E-state index contributed by atoms with van der Waals surface area (Å²) in [6.07, 6.45) is 3.33. The number of halogens is 2. The number of carbonyl (C=O) groups excluding carboxylic acids is 1. The van der Waals surface area contributed by atoms with E-state index in [2.05, 4.69) is 4.98 Å². The van der Waals surface area contributed by atoms with E-state index in [1.54, 1.807) is 13.0 Å². The Balaban J connectivity index is 2.40. The van der Waals surface area contributed by atoms with Gasteiger partial charge in [0.1, 0.15) is 16.1 Å². The van der Waals surface area contributed by atoms with Gasteiger partial charge in [-0.1, -0.05) is 29.3 Å². The first kappa shape index (κ1) is 12.5. The van der Waals surface area contributed by atoms with Crippen LogP contribution in [0.2, 0.25) is 10.3 Å². The molecule has 0 saturated heterocycles. The molecule has 1 aromatic heterocycles. The topological polar surface area (TPSA) is 30.0 Å². The van der Waals surface area contributed by atoms with Gasteiger partial charge in [-0.3, -0.25) is 0 Å². The number of pyridine rings is 1. The number of rotatable bonds is 5. The Hall–Kier alpha value is -0.600. The van der Waals surface area contributed by atoms with E-state index in [1.165, 1.54) is 0 Å². The van der Waals surface area contributed by atoms with Crippen molar-refractivity contribution >= 4 is 29.0 Å². The average Bonchev–Trinajstić information content (AvgIpc) is 2.14. The number of aryl methyl sites for hydroxylation is 1. The third kappa shape index (κ3) is 4.63. The zero-order chi connectivity index (χ0) is 11.3. The average molecular weight is 246 g/mol. The lowest BCUT2D eigenvalue weighted by molar-refractivity contribution is -0.117. The first-order chi connectivity index (χ1) is 7.09. The molecule has 0 saturated carbocycles. The molecule has 0 unspecified atom stereocenters. The van der Waals surface area contributed by atoms with Gasteiger partial charge in [0.25, 0.3) is 0 Å². The van der Waals surface area contributed by atoms with Crippen LogP contribution in [0.3, 0.4) is 0 Å². The van der Waals surface area contributed by atoms with Crippen molar-refractivity contribution in [1.82, 2.24) is 4.98 Å². The van der Waals surface area contributed by atoms with E-state index in [1.807, 2.05) is 6.07 Å². The lowest BCUT2D eigenvalue weighted by Crippen LogP contribution is -1.93. The van der Waals surface area contributed by atoms with Crippen LogP contribution in [0, 0.1) is 0 Å². The van der Waals surface area contributed by atoms with Crippen LogP contribution < -0.4 is 0 Å². The Morgan fingerprint density at radius 1 is 1.33 bits per heavy atom. The molecular formula is C11H13Cl2NO. The number of aromatic nitrogens is 1. The Morgan fingerprint density at radius 2 is 2.07 bits per heavy atom. The number of hydrogen-bond donors (Lipinski definition) is 0. The van der Waals surface area contributed by atoms with Crippen molar-refractivity contribution in [1.29, 1.82) is 0 Å². The highest BCUT2D eigenvalue weighted by Crippen LogP contribution is 2.18. The van der Waals surface area contributed by atoms with Crippen molar-refractivity contribution in [3.63, 3.8) is 0 Å². The van der Waals surface area contributed by atoms with Gasteiger partial charge in [-0.25, -0.2) is 4.98 Å². The van der Waals surface area contributed by atoms with Crippen LogP contribution >= 0.6 is 23.2 Å². The van der Waals surface area contributed by atoms with Crippen LogP contribution in [0.1, 0.15) is 31.7 Å². The Labute approximate surface area is 99.6 Å². The molecule has 0 N–H and O–H groups in total. The molecule has 1 heterocycles. The summed E-state index contributed by atoms with van der Waals surface area (Å²) in [6.45, 7) is 1.61. The third-order valence-electron chi connectivity index (χ3n) is 2.12. The summed E-state index contributed by atoms with van der Waals surface area (Å²) in [5, 5.41) is 0.873. The fourth-order valence-electron chi connectivity index (χ4n) is 1.32. The Morgan fingerprint density at radius 3 is 2.67 bits per heavy atom. The molecule has 0 bridgehead atoms. The molecule has 4 heteroatoms. The maximum absolute atomic E-state index is 10.7. The fraction of sp³-hybridized carbons (Fsp3) is 0.455. The standard InChI is InChI=1S/C11H13Cl2NO/c1-8(15)4-2-3-5-9-6-7-10(12)14-11(9)13/h6-7H,2-5H2,1H3. The number of unbranched alkanes of at least 4 members (excludes halogenated alkanes) is 1. The van der Waals surface area contributed by atoms with Gasteiger partial charge in [0.05, 0.1) is 0 Å². The molecule has 82 valence electrons. The molecule has 1 aromatic rings. The number of ketones is 1. The van der Waals surface area contributed by atoms with Crippen molar-refractivity contribution in [2.45, 2.75) is 32.6 Å². The fourth-order valence-corrected chi connectivity index (χ4v) is 1.76. The van der Waals surface area contributed by atoms with Crippen molar-refractivity contribution < 1.29 is 4.79 Å². The highest BCUT2D eigenvalue weighted by Gasteiger charge is 2.02. The maximum Gasteiger partial charge on any atom is 0.134 e. The highest BCUT2D eigenvalue weighted by atomic mass is 35.5. The molecule has 0 amide bonds. The lowest BCUT2D eigenvalue weighted by Gasteiger charge is -2.03. The van der Waals surface area contributed by atoms with Crippen molar-refractivity contribution in [2.75, 3.05) is 0 Å². The normalized spacial score (nSPS) is 10.3. The zero-order valence-electron chi connectivity index (χ0n) is 8.59. The second-order valence-corrected chi connectivity index (χ2v) is 4.24. The molecule has 0 fully saturated rings. The first-order valence-corrected chi connectivity index (χ1v) is 5.65. The second-order valence-electron chi connectivity index (χ2n) is 3.49. The smallest absolute Gasteiger partial charge is 0.134 e. The molecule has 0 aliphatic heterocycles. The monoisotopic (exact) mass is 245 g/mol. The summed E-state index contributed by atoms with van der Waals surface area (Å²) in [5.74, 6) is 0.232. The molecule has 2 nitrogen and oxygen atoms in total. The van der Waals surface area contributed by atoms with Gasteiger partial charge >= 0.3 is 0 Å². The summed E-state index contributed by atoms with van der Waals surface area (Å²) in [5.41, 5.74) is 0.990. The highest BCUT2D eigenvalue weighted by molar-refractivity contribution is 6.32. The summed E-state index contributed by atoms with van der Waals surface area (Å²) >= 11 is 11.6. The van der Waals surface area contributed by atoms with Crippen molar-refractivity contribution in [3.8, 4) is 0 Å². The molecule has 1 rings (SSSR count). The number of nitrogens with zero attached hydrogens (tertiary/aromatic N) is 1. The zero-order valence-corrected chi connectivity index (χ0v) is 10.1. The summed E-state index contributed by atoms with van der Waals surface area (Å²) in [4.78, 5) is 14.7. The molecule has 0 atom stereocenters. The number of hydrogen-bond acceptors (Lipinski definition) is 2. The third-order valence-corrected chi connectivity index (χ3v) is 2.65. The largest absolute Gasteiger partial charge is 0.300 e. The van der Waals surface area contributed by atoms with E-state index in [0.29, 0.717) is 16.7 Å². The molecule has 0 aliphatic carbocycles. The number of Topliss-reactive ketones (excluding diaryl/α,β-unsaturated/α-hetero) is 1. The van der Waals surface area contributed by atoms with Crippen molar-refractivity contribution in [3.05, 3.63) is 28.0 Å². The molecular weight excluding hydrogens is 233 g/mol. The van der Waals surface area contributed by atoms with Crippen LogP contribution in [0.25, 0.3) is 0 Å². The Bertz CT molecular complexity index is 352. The van der Waals surface area contributed by atoms with Gasteiger partial charge in [0.2, 0.25) is 0 Å². The summed E-state index contributed by atoms with van der Waals surface area (Å²) < 4.78 is 0. The lowest BCUT2D eigenvalue weighted by atomic mass is 10.1. The minimum absolute atomic E-state index is 0.232. The van der Waals surface area contributed by atoms with E-state index in [4.69, 9.17) is 23.2 Å². The summed E-state index contributed by atoms with van der Waals surface area (Å²) in [6, 6.07) is 3.61. The Kier molecular flexibility index (Phi) is 5.06. The molecule has 0 spiro atoms. The minimum atomic E-state index is 0.232. The van der Waals surface area contributed by atoms with Crippen LogP contribution in [0.15, 0.2) is 12.1 Å². The first-order valence-electron chi connectivity index (χ1n) is 4.90.